The molecule has 8 nitrogen and oxygen atoms in total. The van der Waals surface area contributed by atoms with E-state index in [0.29, 0.717) is 29.9 Å². The number of esters is 1. The maximum Gasteiger partial charge on any atom is 0.342 e. The lowest BCUT2D eigenvalue weighted by molar-refractivity contribution is -0.153. The molecule has 1 saturated carbocycles. The summed E-state index contributed by atoms with van der Waals surface area (Å²) in [7, 11) is 3.11. The first-order valence-corrected chi connectivity index (χ1v) is 11.5. The van der Waals surface area contributed by atoms with Gasteiger partial charge in [0.15, 0.2) is 12.6 Å². The maximum absolute atomic E-state index is 13.3. The van der Waals surface area contributed by atoms with Crippen molar-refractivity contribution < 1.29 is 38.3 Å². The normalized spacial score (nSPS) is 34.2. The number of aliphatic hydroxyl groups is 1. The van der Waals surface area contributed by atoms with Crippen LogP contribution in [-0.4, -0.2) is 62.3 Å². The minimum atomic E-state index is -0.804. The molecule has 0 amide bonds. The van der Waals surface area contributed by atoms with Crippen molar-refractivity contribution >= 4 is 5.97 Å². The van der Waals surface area contributed by atoms with Crippen LogP contribution in [0.5, 0.6) is 11.5 Å². The largest absolute Gasteiger partial charge is 0.497 e. The zero-order chi connectivity index (χ0) is 23.8. The Kier molecular flexibility index (Phi) is 7.00. The highest BCUT2D eigenvalue weighted by atomic mass is 16.8. The van der Waals surface area contributed by atoms with E-state index in [1.807, 2.05) is 32.9 Å². The molecule has 3 aliphatic rings. The molecular formula is C25H34O8. The molecule has 2 heterocycles. The first-order valence-electron chi connectivity index (χ1n) is 11.5. The van der Waals surface area contributed by atoms with E-state index in [1.54, 1.807) is 19.3 Å². The molecule has 1 aromatic carbocycles. The predicted molar refractivity (Wildman–Crippen MR) is 119 cm³/mol. The fourth-order valence-corrected chi connectivity index (χ4v) is 4.81. The fraction of sp³-hybridized carbons (Fsp3) is 0.640. The van der Waals surface area contributed by atoms with Gasteiger partial charge in [-0.15, -0.1) is 0 Å². The van der Waals surface area contributed by atoms with E-state index in [2.05, 4.69) is 0 Å². The Labute approximate surface area is 194 Å². The van der Waals surface area contributed by atoms with Crippen molar-refractivity contribution in [1.29, 1.82) is 0 Å². The highest BCUT2D eigenvalue weighted by Gasteiger charge is 2.50. The number of rotatable bonds is 4. The predicted octanol–water partition coefficient (Wildman–Crippen LogP) is 3.56. The monoisotopic (exact) mass is 462 g/mol. The van der Waals surface area contributed by atoms with E-state index in [1.165, 1.54) is 7.11 Å². The van der Waals surface area contributed by atoms with Gasteiger partial charge >= 0.3 is 5.97 Å². The lowest BCUT2D eigenvalue weighted by Crippen LogP contribution is -2.34. The van der Waals surface area contributed by atoms with Gasteiger partial charge in [0.05, 0.1) is 13.2 Å². The van der Waals surface area contributed by atoms with Crippen molar-refractivity contribution in [3.05, 3.63) is 35.4 Å². The number of hydrogen-bond donors (Lipinski definition) is 1. The van der Waals surface area contributed by atoms with Crippen molar-refractivity contribution in [1.82, 2.24) is 0 Å². The molecule has 1 aromatic rings. The third-order valence-corrected chi connectivity index (χ3v) is 6.40. The van der Waals surface area contributed by atoms with E-state index in [9.17, 15) is 9.90 Å². The second-order valence-electron chi connectivity index (χ2n) is 9.49. The Morgan fingerprint density at radius 3 is 2.70 bits per heavy atom. The second kappa shape index (κ2) is 9.62. The van der Waals surface area contributed by atoms with Gasteiger partial charge in [0, 0.05) is 19.6 Å². The summed E-state index contributed by atoms with van der Waals surface area (Å²) < 4.78 is 34.3. The highest BCUT2D eigenvalue weighted by molar-refractivity contribution is 5.95. The number of cyclic esters (lactones) is 1. The molecule has 4 rings (SSSR count). The average Bonchev–Trinajstić information content (AvgIpc) is 3.45. The van der Waals surface area contributed by atoms with Crippen LogP contribution in [0.2, 0.25) is 0 Å². The summed E-state index contributed by atoms with van der Waals surface area (Å²) in [4.78, 5) is 13.3. The summed E-state index contributed by atoms with van der Waals surface area (Å²) in [6.45, 7) is 5.55. The third kappa shape index (κ3) is 5.35. The van der Waals surface area contributed by atoms with E-state index < -0.39 is 30.1 Å². The van der Waals surface area contributed by atoms with Crippen molar-refractivity contribution in [2.75, 3.05) is 21.0 Å². The topological polar surface area (TPSA) is 92.7 Å². The Morgan fingerprint density at radius 1 is 1.18 bits per heavy atom. The molecule has 1 N–H and O–H groups in total. The fourth-order valence-electron chi connectivity index (χ4n) is 4.81. The van der Waals surface area contributed by atoms with Gasteiger partial charge in [0.25, 0.3) is 0 Å². The molecule has 1 aliphatic carbocycles. The van der Waals surface area contributed by atoms with Crippen molar-refractivity contribution in [2.45, 2.75) is 76.2 Å². The summed E-state index contributed by atoms with van der Waals surface area (Å²) in [5.41, 5.74) is 1.25. The Hall–Kier alpha value is -2.13. The van der Waals surface area contributed by atoms with Gasteiger partial charge in [-0.05, 0) is 57.1 Å². The van der Waals surface area contributed by atoms with Crippen LogP contribution in [0, 0.1) is 5.92 Å². The third-order valence-electron chi connectivity index (χ3n) is 6.40. The van der Waals surface area contributed by atoms with E-state index >= 15 is 0 Å². The molecule has 2 aliphatic heterocycles. The minimum absolute atomic E-state index is 0.00117. The standard InChI is InChI=1S/C25H34O8/c1-14-7-6-8-19(26)23-21(32-25(2,3)33-23)10-15-9-17(15)18-11-16(29-5)12-20(30-13-28-4)22(18)24(27)31-14/h6,8,11-12,14-15,17,19,21,23,26H,7,9-10,13H2,1-5H3/b8-6-/t14-,15?,17?,19?,21+,23+/m0/s1. The van der Waals surface area contributed by atoms with Gasteiger partial charge in [0.2, 0.25) is 0 Å². The zero-order valence-corrected chi connectivity index (χ0v) is 19.9. The second-order valence-corrected chi connectivity index (χ2v) is 9.49. The lowest BCUT2D eigenvalue weighted by Gasteiger charge is -2.22. The van der Waals surface area contributed by atoms with E-state index in [0.717, 1.165) is 12.0 Å². The number of carbonyl (C=O) groups excluding carboxylic acids is 1. The molecule has 0 aromatic heterocycles. The number of fused-ring (bicyclic) bond motifs is 4. The SMILES string of the molecule is COCOc1cc(OC)cc2c1C(=O)O[C@@H](C)C/C=C\C(O)[C@H]1OC(C)(C)O[C@@H]1CC1CC21. The average molecular weight is 463 g/mol. The Morgan fingerprint density at radius 2 is 1.97 bits per heavy atom. The zero-order valence-electron chi connectivity index (χ0n) is 19.9. The van der Waals surface area contributed by atoms with Crippen molar-refractivity contribution in [3.8, 4) is 11.5 Å². The van der Waals surface area contributed by atoms with Gasteiger partial charge < -0.3 is 33.5 Å². The smallest absolute Gasteiger partial charge is 0.342 e. The summed E-state index contributed by atoms with van der Waals surface area (Å²) in [6.07, 6.45) is 3.66. The first kappa shape index (κ1) is 24.0. The van der Waals surface area contributed by atoms with E-state index in [4.69, 9.17) is 28.4 Å². The molecule has 0 radical (unpaired) electrons. The summed E-state index contributed by atoms with van der Waals surface area (Å²) in [5.74, 6) is 0.156. The molecular weight excluding hydrogens is 428 g/mol. The molecule has 8 heteroatoms. The number of methoxy groups -OCH3 is 2. The van der Waals surface area contributed by atoms with Crippen LogP contribution < -0.4 is 9.47 Å². The Balaban J connectivity index is 1.71. The number of aliphatic hydroxyl groups excluding tert-OH is 1. The molecule has 2 fully saturated rings. The first-order chi connectivity index (χ1) is 15.7. The summed E-state index contributed by atoms with van der Waals surface area (Å²) >= 11 is 0. The summed E-state index contributed by atoms with van der Waals surface area (Å²) in [5, 5.41) is 10.8. The van der Waals surface area contributed by atoms with Crippen LogP contribution in [0.4, 0.5) is 0 Å². The highest BCUT2D eigenvalue weighted by Crippen LogP contribution is 2.54. The number of carbonyl (C=O) groups is 1. The summed E-state index contributed by atoms with van der Waals surface area (Å²) in [6, 6.07) is 3.58. The van der Waals surface area contributed by atoms with Crippen LogP contribution in [0.3, 0.4) is 0 Å². The quantitative estimate of drug-likeness (QED) is 0.413. The van der Waals surface area contributed by atoms with Crippen molar-refractivity contribution in [2.24, 2.45) is 5.92 Å². The molecule has 0 bridgehead atoms. The molecule has 6 atom stereocenters. The van der Waals surface area contributed by atoms with Gasteiger partial charge in [-0.2, -0.15) is 0 Å². The van der Waals surface area contributed by atoms with Gasteiger partial charge in [-0.25, -0.2) is 4.79 Å². The lowest BCUT2D eigenvalue weighted by atomic mass is 9.96. The van der Waals surface area contributed by atoms with Crippen LogP contribution >= 0.6 is 0 Å². The van der Waals surface area contributed by atoms with Crippen LogP contribution in [0.1, 0.15) is 61.9 Å². The van der Waals surface area contributed by atoms with Crippen LogP contribution in [0.25, 0.3) is 0 Å². The number of hydrogen-bond acceptors (Lipinski definition) is 8. The molecule has 3 unspecified atom stereocenters. The number of ether oxygens (including phenoxy) is 6. The maximum atomic E-state index is 13.3. The van der Waals surface area contributed by atoms with Gasteiger partial charge in [-0.3, -0.25) is 0 Å². The van der Waals surface area contributed by atoms with Crippen LogP contribution in [0.15, 0.2) is 24.3 Å². The van der Waals surface area contributed by atoms with Crippen molar-refractivity contribution in [3.63, 3.8) is 0 Å². The minimum Gasteiger partial charge on any atom is -0.497 e. The molecule has 182 valence electrons. The molecule has 1 saturated heterocycles. The molecule has 0 spiro atoms. The van der Waals surface area contributed by atoms with Crippen LogP contribution in [-0.2, 0) is 18.9 Å². The van der Waals surface area contributed by atoms with Gasteiger partial charge in [-0.1, -0.05) is 12.2 Å². The van der Waals surface area contributed by atoms with E-state index in [-0.39, 0.29) is 24.7 Å². The molecule has 33 heavy (non-hydrogen) atoms. The van der Waals surface area contributed by atoms with Gasteiger partial charge in [0.1, 0.15) is 35.4 Å². The Bertz CT molecular complexity index is 895. The number of benzene rings is 1.